The van der Waals surface area contributed by atoms with E-state index in [2.05, 4.69) is 22.4 Å². The summed E-state index contributed by atoms with van der Waals surface area (Å²) in [7, 11) is 1.95. The summed E-state index contributed by atoms with van der Waals surface area (Å²) in [5, 5.41) is 3.18. The summed E-state index contributed by atoms with van der Waals surface area (Å²) in [6, 6.07) is 10.2. The maximum Gasteiger partial charge on any atom is 0.154 e. The molecule has 0 atom stereocenters. The van der Waals surface area contributed by atoms with E-state index in [1.165, 1.54) is 29.7 Å². The fraction of sp³-hybridized carbons (Fsp3) is 0.412. The van der Waals surface area contributed by atoms with Crippen LogP contribution in [0.5, 0.6) is 0 Å². The van der Waals surface area contributed by atoms with Gasteiger partial charge in [0.1, 0.15) is 6.61 Å². The predicted molar refractivity (Wildman–Crippen MR) is 81.7 cm³/mol. The van der Waals surface area contributed by atoms with Crippen LogP contribution in [0.1, 0.15) is 41.4 Å². The lowest BCUT2D eigenvalue weighted by molar-refractivity contribution is 0.101. The highest BCUT2D eigenvalue weighted by Crippen LogP contribution is 2.40. The van der Waals surface area contributed by atoms with Crippen molar-refractivity contribution in [2.75, 3.05) is 7.05 Å². The highest BCUT2D eigenvalue weighted by Gasteiger charge is 2.28. The summed E-state index contributed by atoms with van der Waals surface area (Å²) in [5.41, 5.74) is 3.59. The number of hydrogen-bond acceptors (Lipinski definition) is 4. The summed E-state index contributed by atoms with van der Waals surface area (Å²) in [6.45, 7) is 1.90. The van der Waals surface area contributed by atoms with Crippen LogP contribution in [0.2, 0.25) is 0 Å². The number of ether oxygens (including phenoxy) is 1. The Balaban J connectivity index is 1.61. The molecule has 2 aromatic rings. The molecule has 1 aliphatic rings. The molecule has 21 heavy (non-hydrogen) atoms. The molecule has 3 rings (SSSR count). The molecule has 0 aliphatic heterocycles. The fourth-order valence-corrected chi connectivity index (χ4v) is 2.40. The van der Waals surface area contributed by atoms with Crippen molar-refractivity contribution in [3.05, 3.63) is 59.2 Å². The predicted octanol–water partition coefficient (Wildman–Crippen LogP) is 2.79. The Hall–Kier alpha value is -1.78. The van der Waals surface area contributed by atoms with Crippen molar-refractivity contribution >= 4 is 0 Å². The second-order valence-electron chi connectivity index (χ2n) is 5.48. The van der Waals surface area contributed by atoms with Crippen LogP contribution in [-0.4, -0.2) is 17.0 Å². The molecular formula is C17H21N3O. The summed E-state index contributed by atoms with van der Waals surface area (Å²) >= 11 is 0. The first kappa shape index (κ1) is 14.2. The molecule has 4 heteroatoms. The number of nitrogens with one attached hydrogen (secondary N) is 1. The van der Waals surface area contributed by atoms with Crippen LogP contribution in [0.15, 0.2) is 36.5 Å². The molecule has 1 N–H and O–H groups in total. The molecule has 0 saturated heterocycles. The lowest BCUT2D eigenvalue weighted by atomic mass is 10.1. The molecule has 0 amide bonds. The quantitative estimate of drug-likeness (QED) is 0.849. The summed E-state index contributed by atoms with van der Waals surface area (Å²) in [5.74, 6) is 1.41. The number of benzene rings is 1. The molecule has 1 fully saturated rings. The number of hydrogen-bond donors (Lipinski definition) is 1. The maximum atomic E-state index is 5.72. The Morgan fingerprint density at radius 2 is 2.00 bits per heavy atom. The zero-order chi connectivity index (χ0) is 14.5. The van der Waals surface area contributed by atoms with Crippen LogP contribution in [0.4, 0.5) is 0 Å². The van der Waals surface area contributed by atoms with Crippen LogP contribution >= 0.6 is 0 Å². The van der Waals surface area contributed by atoms with Crippen molar-refractivity contribution in [2.45, 2.75) is 38.5 Å². The highest BCUT2D eigenvalue weighted by atomic mass is 16.5. The molecule has 0 spiro atoms. The third kappa shape index (κ3) is 3.86. The second-order valence-corrected chi connectivity index (χ2v) is 5.48. The van der Waals surface area contributed by atoms with Gasteiger partial charge in [-0.15, -0.1) is 0 Å². The van der Waals surface area contributed by atoms with Gasteiger partial charge in [-0.05, 0) is 25.5 Å². The van der Waals surface area contributed by atoms with Crippen molar-refractivity contribution < 1.29 is 4.74 Å². The highest BCUT2D eigenvalue weighted by molar-refractivity contribution is 5.25. The first-order chi connectivity index (χ1) is 10.4. The lowest BCUT2D eigenvalue weighted by Crippen LogP contribution is -2.11. The molecule has 1 aliphatic carbocycles. The van der Waals surface area contributed by atoms with Gasteiger partial charge in [-0.25, -0.2) is 9.97 Å². The van der Waals surface area contributed by atoms with Crippen molar-refractivity contribution in [1.29, 1.82) is 0 Å². The van der Waals surface area contributed by atoms with E-state index in [-0.39, 0.29) is 0 Å². The standard InChI is InChI=1S/C17H21N3O/c1-18-9-15-10-19-16(20-17(15)14-7-8-14)12-21-11-13-5-3-2-4-6-13/h2-6,10,14,18H,7-9,11-12H2,1H3. The zero-order valence-corrected chi connectivity index (χ0v) is 12.4. The third-order valence-electron chi connectivity index (χ3n) is 3.62. The van der Waals surface area contributed by atoms with E-state index in [1.807, 2.05) is 31.4 Å². The first-order valence-corrected chi connectivity index (χ1v) is 7.48. The van der Waals surface area contributed by atoms with E-state index in [0.717, 1.165) is 12.4 Å². The van der Waals surface area contributed by atoms with Gasteiger partial charge in [0.15, 0.2) is 5.82 Å². The van der Waals surface area contributed by atoms with Gasteiger partial charge in [0, 0.05) is 24.2 Å². The van der Waals surface area contributed by atoms with Gasteiger partial charge in [-0.2, -0.15) is 0 Å². The second kappa shape index (κ2) is 6.78. The van der Waals surface area contributed by atoms with Crippen molar-refractivity contribution in [1.82, 2.24) is 15.3 Å². The van der Waals surface area contributed by atoms with Crippen LogP contribution in [0, 0.1) is 0 Å². The number of nitrogens with zero attached hydrogens (tertiary/aromatic N) is 2. The van der Waals surface area contributed by atoms with E-state index in [1.54, 1.807) is 0 Å². The molecule has 0 bridgehead atoms. The molecule has 0 unspecified atom stereocenters. The molecule has 0 radical (unpaired) electrons. The minimum atomic E-state index is 0.467. The van der Waals surface area contributed by atoms with Gasteiger partial charge in [0.05, 0.1) is 12.3 Å². The van der Waals surface area contributed by atoms with E-state index >= 15 is 0 Å². The van der Waals surface area contributed by atoms with Gasteiger partial charge in [0.25, 0.3) is 0 Å². The first-order valence-electron chi connectivity index (χ1n) is 7.48. The lowest BCUT2D eigenvalue weighted by Gasteiger charge is -2.09. The zero-order valence-electron chi connectivity index (χ0n) is 12.4. The van der Waals surface area contributed by atoms with Crippen molar-refractivity contribution in [3.8, 4) is 0 Å². The molecular weight excluding hydrogens is 262 g/mol. The third-order valence-corrected chi connectivity index (χ3v) is 3.62. The Kier molecular flexibility index (Phi) is 4.58. The smallest absolute Gasteiger partial charge is 0.154 e. The SMILES string of the molecule is CNCc1cnc(COCc2ccccc2)nc1C1CC1. The van der Waals surface area contributed by atoms with E-state index in [4.69, 9.17) is 9.72 Å². The molecule has 1 aromatic carbocycles. The molecule has 4 nitrogen and oxygen atoms in total. The van der Waals surface area contributed by atoms with E-state index < -0.39 is 0 Å². The van der Waals surface area contributed by atoms with Crippen LogP contribution in [-0.2, 0) is 24.5 Å². The fourth-order valence-electron chi connectivity index (χ4n) is 2.40. The Morgan fingerprint density at radius 1 is 1.19 bits per heavy atom. The largest absolute Gasteiger partial charge is 0.369 e. The molecule has 110 valence electrons. The van der Waals surface area contributed by atoms with E-state index in [0.29, 0.717) is 19.1 Å². The monoisotopic (exact) mass is 283 g/mol. The van der Waals surface area contributed by atoms with Crippen molar-refractivity contribution in [2.24, 2.45) is 0 Å². The average Bonchev–Trinajstić information content (AvgIpc) is 3.35. The van der Waals surface area contributed by atoms with Crippen LogP contribution < -0.4 is 5.32 Å². The Bertz CT molecular complexity index is 582. The maximum absolute atomic E-state index is 5.72. The number of rotatable bonds is 7. The molecule has 1 aromatic heterocycles. The topological polar surface area (TPSA) is 47.0 Å². The minimum Gasteiger partial charge on any atom is -0.369 e. The van der Waals surface area contributed by atoms with Gasteiger partial charge >= 0.3 is 0 Å². The van der Waals surface area contributed by atoms with Crippen LogP contribution in [0.25, 0.3) is 0 Å². The summed E-state index contributed by atoms with van der Waals surface area (Å²) < 4.78 is 5.72. The summed E-state index contributed by atoms with van der Waals surface area (Å²) in [4.78, 5) is 9.13. The Labute approximate surface area is 125 Å². The van der Waals surface area contributed by atoms with Gasteiger partial charge < -0.3 is 10.1 Å². The number of aromatic nitrogens is 2. The van der Waals surface area contributed by atoms with Gasteiger partial charge in [-0.3, -0.25) is 0 Å². The van der Waals surface area contributed by atoms with Gasteiger partial charge in [-0.1, -0.05) is 30.3 Å². The van der Waals surface area contributed by atoms with Gasteiger partial charge in [0.2, 0.25) is 0 Å². The van der Waals surface area contributed by atoms with Crippen LogP contribution in [0.3, 0.4) is 0 Å². The summed E-state index contributed by atoms with van der Waals surface area (Å²) in [6.07, 6.45) is 4.44. The minimum absolute atomic E-state index is 0.467. The molecule has 1 saturated carbocycles. The van der Waals surface area contributed by atoms with Crippen molar-refractivity contribution in [3.63, 3.8) is 0 Å². The molecule has 1 heterocycles. The van der Waals surface area contributed by atoms with E-state index in [9.17, 15) is 0 Å². The normalized spacial score (nSPS) is 14.3. The Morgan fingerprint density at radius 3 is 2.71 bits per heavy atom. The average molecular weight is 283 g/mol.